The second-order valence-corrected chi connectivity index (χ2v) is 5.58. The van der Waals surface area contributed by atoms with E-state index in [1.807, 2.05) is 19.2 Å². The van der Waals surface area contributed by atoms with Gasteiger partial charge in [0.05, 0.1) is 16.8 Å². The third-order valence-corrected chi connectivity index (χ3v) is 3.93. The molecule has 1 aromatic heterocycles. The lowest BCUT2D eigenvalue weighted by molar-refractivity contribution is -0.385. The van der Waals surface area contributed by atoms with Gasteiger partial charge in [-0.3, -0.25) is 15.1 Å². The van der Waals surface area contributed by atoms with Crippen LogP contribution in [0.4, 0.5) is 5.69 Å². The standard InChI is InChI=1S/C13H13ClN4O3S/c1-3-15-13-17(8(2)7-22-13)16-6-9-4-10(14)5-11(12(9)19)18(20)21/h4-7,19H,3H2,1-2H3. The first-order valence-electron chi connectivity index (χ1n) is 6.33. The van der Waals surface area contributed by atoms with E-state index in [1.165, 1.54) is 23.6 Å². The molecule has 1 heterocycles. The number of nitro benzene ring substituents is 1. The Morgan fingerprint density at radius 3 is 2.91 bits per heavy atom. The molecule has 0 atom stereocenters. The first-order chi connectivity index (χ1) is 10.4. The van der Waals surface area contributed by atoms with Crippen LogP contribution in [0.3, 0.4) is 0 Å². The predicted molar refractivity (Wildman–Crippen MR) is 85.9 cm³/mol. The van der Waals surface area contributed by atoms with E-state index in [0.717, 1.165) is 11.8 Å². The molecule has 0 amide bonds. The van der Waals surface area contributed by atoms with Gasteiger partial charge in [-0.15, -0.1) is 11.3 Å². The number of aromatic hydroxyl groups is 1. The largest absolute Gasteiger partial charge is 0.502 e. The van der Waals surface area contributed by atoms with E-state index in [-0.39, 0.29) is 10.6 Å². The van der Waals surface area contributed by atoms with Crippen molar-refractivity contribution >= 4 is 34.8 Å². The Labute approximate surface area is 135 Å². The van der Waals surface area contributed by atoms with Gasteiger partial charge in [0.25, 0.3) is 0 Å². The number of nitrogens with zero attached hydrogens (tertiary/aromatic N) is 4. The number of hydrogen-bond acceptors (Lipinski definition) is 6. The van der Waals surface area contributed by atoms with E-state index >= 15 is 0 Å². The number of halogens is 1. The number of nitro groups is 1. The number of phenolic OH excluding ortho intramolecular Hbond substituents is 1. The number of benzene rings is 1. The van der Waals surface area contributed by atoms with Crippen LogP contribution in [0.1, 0.15) is 18.2 Å². The normalized spacial score (nSPS) is 12.2. The number of thiazole rings is 1. The molecule has 9 heteroatoms. The van der Waals surface area contributed by atoms with Crippen LogP contribution in [0.5, 0.6) is 5.75 Å². The molecule has 0 radical (unpaired) electrons. The molecular formula is C13H13ClN4O3S. The van der Waals surface area contributed by atoms with Gasteiger partial charge in [-0.05, 0) is 19.9 Å². The summed E-state index contributed by atoms with van der Waals surface area (Å²) in [5.41, 5.74) is 0.573. The van der Waals surface area contributed by atoms with Crippen molar-refractivity contribution in [3.8, 4) is 5.75 Å². The Morgan fingerprint density at radius 1 is 1.55 bits per heavy atom. The Morgan fingerprint density at radius 2 is 2.27 bits per heavy atom. The summed E-state index contributed by atoms with van der Waals surface area (Å²) in [4.78, 5) is 15.2. The Balaban J connectivity index is 2.50. The van der Waals surface area contributed by atoms with Crippen molar-refractivity contribution in [3.05, 3.63) is 48.7 Å². The topological polar surface area (TPSA) is 93.0 Å². The minimum Gasteiger partial charge on any atom is -0.502 e. The number of aromatic nitrogens is 1. The van der Waals surface area contributed by atoms with Gasteiger partial charge in [-0.2, -0.15) is 5.10 Å². The maximum Gasteiger partial charge on any atom is 0.312 e. The first-order valence-corrected chi connectivity index (χ1v) is 7.58. The minimum atomic E-state index is -0.695. The summed E-state index contributed by atoms with van der Waals surface area (Å²) in [6.45, 7) is 4.39. The monoisotopic (exact) mass is 340 g/mol. The zero-order valence-electron chi connectivity index (χ0n) is 11.9. The summed E-state index contributed by atoms with van der Waals surface area (Å²) in [5.74, 6) is -0.472. The third kappa shape index (κ3) is 3.34. The average Bonchev–Trinajstić information content (AvgIpc) is 2.80. The van der Waals surface area contributed by atoms with Crippen molar-refractivity contribution in [2.24, 2.45) is 10.1 Å². The molecule has 0 saturated heterocycles. The predicted octanol–water partition coefficient (Wildman–Crippen LogP) is 2.93. The molecule has 116 valence electrons. The number of hydrogen-bond donors (Lipinski definition) is 1. The summed E-state index contributed by atoms with van der Waals surface area (Å²) >= 11 is 7.28. The fourth-order valence-corrected chi connectivity index (χ4v) is 2.82. The van der Waals surface area contributed by atoms with E-state index in [1.54, 1.807) is 4.68 Å². The van der Waals surface area contributed by atoms with Gasteiger partial charge in [0.2, 0.25) is 10.6 Å². The molecule has 0 bridgehead atoms. The SMILES string of the molecule is CCN=c1scc(C)n1N=Cc1cc(Cl)cc([N+](=O)[O-])c1O. The van der Waals surface area contributed by atoms with Crippen LogP contribution in [-0.4, -0.2) is 27.5 Å². The molecule has 1 aromatic carbocycles. The third-order valence-electron chi connectivity index (χ3n) is 2.74. The molecular weight excluding hydrogens is 328 g/mol. The van der Waals surface area contributed by atoms with Crippen molar-refractivity contribution in [1.29, 1.82) is 0 Å². The minimum absolute atomic E-state index is 0.149. The molecule has 0 fully saturated rings. The molecule has 22 heavy (non-hydrogen) atoms. The fraction of sp³-hybridized carbons (Fsp3) is 0.231. The van der Waals surface area contributed by atoms with E-state index in [2.05, 4.69) is 10.1 Å². The van der Waals surface area contributed by atoms with Crippen LogP contribution >= 0.6 is 22.9 Å². The first kappa shape index (κ1) is 16.2. The van der Waals surface area contributed by atoms with Crippen LogP contribution in [0.2, 0.25) is 5.02 Å². The second kappa shape index (κ2) is 6.71. The zero-order chi connectivity index (χ0) is 16.3. The van der Waals surface area contributed by atoms with Gasteiger partial charge >= 0.3 is 5.69 Å². The molecule has 0 aliphatic heterocycles. The Bertz CT molecular complexity index is 810. The maximum atomic E-state index is 10.9. The van der Waals surface area contributed by atoms with Gasteiger partial charge in [-0.25, -0.2) is 4.68 Å². The van der Waals surface area contributed by atoms with E-state index in [9.17, 15) is 15.2 Å². The van der Waals surface area contributed by atoms with Gasteiger partial charge in [-0.1, -0.05) is 11.6 Å². The second-order valence-electron chi connectivity index (χ2n) is 4.31. The van der Waals surface area contributed by atoms with Gasteiger partial charge in [0.15, 0.2) is 0 Å². The number of aryl methyl sites for hydroxylation is 1. The zero-order valence-corrected chi connectivity index (χ0v) is 13.4. The summed E-state index contributed by atoms with van der Waals surface area (Å²) in [7, 11) is 0. The summed E-state index contributed by atoms with van der Waals surface area (Å²) in [6, 6.07) is 2.50. The van der Waals surface area contributed by atoms with Gasteiger partial charge in [0, 0.05) is 28.6 Å². The number of rotatable bonds is 4. The van der Waals surface area contributed by atoms with Crippen molar-refractivity contribution in [2.45, 2.75) is 13.8 Å². The highest BCUT2D eigenvalue weighted by atomic mass is 35.5. The molecule has 0 unspecified atom stereocenters. The van der Waals surface area contributed by atoms with E-state index in [0.29, 0.717) is 11.3 Å². The Kier molecular flexibility index (Phi) is 4.94. The molecule has 0 spiro atoms. The maximum absolute atomic E-state index is 10.9. The van der Waals surface area contributed by atoms with Gasteiger partial charge in [0.1, 0.15) is 0 Å². The van der Waals surface area contributed by atoms with Crippen LogP contribution < -0.4 is 4.80 Å². The Hall–Kier alpha value is -2.19. The number of phenols is 1. The smallest absolute Gasteiger partial charge is 0.312 e. The quantitative estimate of drug-likeness (QED) is 0.526. The highest BCUT2D eigenvalue weighted by Gasteiger charge is 2.17. The fourth-order valence-electron chi connectivity index (χ4n) is 1.73. The van der Waals surface area contributed by atoms with Crippen molar-refractivity contribution in [1.82, 2.24) is 4.68 Å². The molecule has 0 aliphatic carbocycles. The average molecular weight is 341 g/mol. The van der Waals surface area contributed by atoms with Crippen molar-refractivity contribution < 1.29 is 10.0 Å². The summed E-state index contributed by atoms with van der Waals surface area (Å²) in [6.07, 6.45) is 1.32. The summed E-state index contributed by atoms with van der Waals surface area (Å²) in [5, 5.41) is 27.1. The lowest BCUT2D eigenvalue weighted by Crippen LogP contribution is -2.12. The molecule has 7 nitrogen and oxygen atoms in total. The molecule has 2 aromatic rings. The lowest BCUT2D eigenvalue weighted by atomic mass is 10.2. The van der Waals surface area contributed by atoms with Crippen LogP contribution in [0.25, 0.3) is 0 Å². The van der Waals surface area contributed by atoms with Crippen LogP contribution in [-0.2, 0) is 0 Å². The molecule has 0 saturated carbocycles. The van der Waals surface area contributed by atoms with Gasteiger partial charge < -0.3 is 5.11 Å². The van der Waals surface area contributed by atoms with Crippen molar-refractivity contribution in [3.63, 3.8) is 0 Å². The van der Waals surface area contributed by atoms with Crippen LogP contribution in [0, 0.1) is 17.0 Å². The van der Waals surface area contributed by atoms with Crippen LogP contribution in [0.15, 0.2) is 27.6 Å². The van der Waals surface area contributed by atoms with E-state index < -0.39 is 16.4 Å². The van der Waals surface area contributed by atoms with E-state index in [4.69, 9.17) is 11.6 Å². The molecule has 1 N–H and O–H groups in total. The van der Waals surface area contributed by atoms with Crippen molar-refractivity contribution in [2.75, 3.05) is 6.54 Å². The highest BCUT2D eigenvalue weighted by molar-refractivity contribution is 7.07. The lowest BCUT2D eigenvalue weighted by Gasteiger charge is -2.02. The molecule has 0 aliphatic rings. The summed E-state index contributed by atoms with van der Waals surface area (Å²) < 4.78 is 1.60. The highest BCUT2D eigenvalue weighted by Crippen LogP contribution is 2.32. The molecule has 2 rings (SSSR count).